The molecular formula is C21H20N2O5S. The first kappa shape index (κ1) is 20.3. The number of anilines is 1. The number of hydrogen-bond acceptors (Lipinski definition) is 6. The van der Waals surface area contributed by atoms with Crippen molar-refractivity contribution in [1.82, 2.24) is 4.57 Å². The molecule has 0 aliphatic heterocycles. The molecule has 1 aromatic carbocycles. The SMILES string of the molecule is COC(=O)c1sccc1NC(=O)COC(=O)c1cc(C)n(-c2ccccc2)c1C. The average Bonchev–Trinajstić information content (AvgIpc) is 3.30. The molecule has 1 amide bonds. The predicted octanol–water partition coefficient (Wildman–Crippen LogP) is 3.74. The van der Waals surface area contributed by atoms with E-state index in [4.69, 9.17) is 4.74 Å². The normalized spacial score (nSPS) is 10.4. The molecule has 0 aliphatic rings. The monoisotopic (exact) mass is 412 g/mol. The first-order valence-corrected chi connectivity index (χ1v) is 9.67. The van der Waals surface area contributed by atoms with Crippen molar-refractivity contribution in [3.63, 3.8) is 0 Å². The molecule has 0 aliphatic carbocycles. The van der Waals surface area contributed by atoms with E-state index >= 15 is 0 Å². The van der Waals surface area contributed by atoms with Gasteiger partial charge in [-0.15, -0.1) is 11.3 Å². The third kappa shape index (κ3) is 4.38. The molecule has 0 atom stereocenters. The quantitative estimate of drug-likeness (QED) is 0.624. The summed E-state index contributed by atoms with van der Waals surface area (Å²) in [7, 11) is 1.27. The Morgan fingerprint density at radius 2 is 1.79 bits per heavy atom. The van der Waals surface area contributed by atoms with Gasteiger partial charge in [0.1, 0.15) is 4.88 Å². The Morgan fingerprint density at radius 1 is 1.07 bits per heavy atom. The van der Waals surface area contributed by atoms with Crippen LogP contribution in [0.15, 0.2) is 47.8 Å². The Bertz CT molecular complexity index is 1050. The smallest absolute Gasteiger partial charge is 0.350 e. The van der Waals surface area contributed by atoms with Crippen LogP contribution in [0.5, 0.6) is 0 Å². The van der Waals surface area contributed by atoms with Crippen LogP contribution < -0.4 is 5.32 Å². The van der Waals surface area contributed by atoms with E-state index in [2.05, 4.69) is 10.1 Å². The van der Waals surface area contributed by atoms with E-state index in [0.29, 0.717) is 11.3 Å². The van der Waals surface area contributed by atoms with E-state index in [1.165, 1.54) is 7.11 Å². The lowest BCUT2D eigenvalue weighted by molar-refractivity contribution is -0.119. The molecule has 1 N–H and O–H groups in total. The molecular weight excluding hydrogens is 392 g/mol. The fourth-order valence-corrected chi connectivity index (χ4v) is 3.76. The summed E-state index contributed by atoms with van der Waals surface area (Å²) >= 11 is 1.15. The summed E-state index contributed by atoms with van der Waals surface area (Å²) in [5.41, 5.74) is 3.26. The summed E-state index contributed by atoms with van der Waals surface area (Å²) in [4.78, 5) is 36.6. The molecule has 0 saturated carbocycles. The zero-order valence-corrected chi connectivity index (χ0v) is 17.0. The van der Waals surface area contributed by atoms with Crippen LogP contribution in [0.2, 0.25) is 0 Å². The molecule has 0 radical (unpaired) electrons. The minimum absolute atomic E-state index is 0.276. The second kappa shape index (κ2) is 8.74. The van der Waals surface area contributed by atoms with Crippen LogP contribution in [0.25, 0.3) is 5.69 Å². The van der Waals surface area contributed by atoms with Gasteiger partial charge >= 0.3 is 11.9 Å². The number of carbonyl (C=O) groups is 3. The first-order valence-electron chi connectivity index (χ1n) is 8.79. The van der Waals surface area contributed by atoms with Gasteiger partial charge in [-0.2, -0.15) is 0 Å². The lowest BCUT2D eigenvalue weighted by atomic mass is 10.2. The van der Waals surface area contributed by atoms with Gasteiger partial charge in [-0.05, 0) is 43.5 Å². The number of para-hydroxylation sites is 1. The van der Waals surface area contributed by atoms with Crippen molar-refractivity contribution < 1.29 is 23.9 Å². The number of amides is 1. The number of carbonyl (C=O) groups excluding carboxylic acids is 3. The van der Waals surface area contributed by atoms with Gasteiger partial charge in [0.2, 0.25) is 0 Å². The highest BCUT2D eigenvalue weighted by molar-refractivity contribution is 7.12. The Kier molecular flexibility index (Phi) is 6.13. The minimum Gasteiger partial charge on any atom is -0.465 e. The topological polar surface area (TPSA) is 86.6 Å². The molecule has 2 heterocycles. The van der Waals surface area contributed by atoms with Crippen LogP contribution in [0.3, 0.4) is 0 Å². The van der Waals surface area contributed by atoms with Crippen LogP contribution in [-0.4, -0.2) is 36.1 Å². The zero-order valence-electron chi connectivity index (χ0n) is 16.2. The highest BCUT2D eigenvalue weighted by Crippen LogP contribution is 2.23. The Labute approximate surface area is 171 Å². The molecule has 3 rings (SSSR count). The number of aromatic nitrogens is 1. The second-order valence-electron chi connectivity index (χ2n) is 6.24. The Morgan fingerprint density at radius 3 is 2.48 bits per heavy atom. The largest absolute Gasteiger partial charge is 0.465 e. The van der Waals surface area contributed by atoms with E-state index in [-0.39, 0.29) is 4.88 Å². The van der Waals surface area contributed by atoms with Crippen molar-refractivity contribution in [2.75, 3.05) is 19.0 Å². The number of nitrogens with one attached hydrogen (secondary N) is 1. The minimum atomic E-state index is -0.589. The lowest BCUT2D eigenvalue weighted by Crippen LogP contribution is -2.22. The number of thiophene rings is 1. The van der Waals surface area contributed by atoms with Gasteiger partial charge in [-0.25, -0.2) is 9.59 Å². The van der Waals surface area contributed by atoms with Crippen molar-refractivity contribution in [2.45, 2.75) is 13.8 Å². The maximum Gasteiger partial charge on any atom is 0.350 e. The standard InChI is InChI=1S/C21H20N2O5S/c1-13-11-16(14(2)23(13)15-7-5-4-6-8-15)20(25)28-12-18(24)22-17-9-10-29-19(17)21(26)27-3/h4-11H,12H2,1-3H3,(H,22,24). The summed E-state index contributed by atoms with van der Waals surface area (Å²) in [5, 5.41) is 4.22. The molecule has 3 aromatic rings. The molecule has 7 nitrogen and oxygen atoms in total. The number of rotatable bonds is 6. The molecule has 0 saturated heterocycles. The Balaban J connectivity index is 1.67. The maximum absolute atomic E-state index is 12.5. The van der Waals surface area contributed by atoms with Crippen molar-refractivity contribution in [3.05, 3.63) is 69.7 Å². The highest BCUT2D eigenvalue weighted by atomic mass is 32.1. The number of esters is 2. The van der Waals surface area contributed by atoms with Crippen LogP contribution in [0.1, 0.15) is 31.4 Å². The van der Waals surface area contributed by atoms with Gasteiger partial charge in [0.05, 0.1) is 18.4 Å². The van der Waals surface area contributed by atoms with Gasteiger partial charge in [-0.3, -0.25) is 4.79 Å². The number of aryl methyl sites for hydroxylation is 1. The lowest BCUT2D eigenvalue weighted by Gasteiger charge is -2.10. The molecule has 29 heavy (non-hydrogen) atoms. The van der Waals surface area contributed by atoms with E-state index < -0.39 is 24.5 Å². The molecule has 0 bridgehead atoms. The van der Waals surface area contributed by atoms with Gasteiger partial charge in [0.15, 0.2) is 6.61 Å². The van der Waals surface area contributed by atoms with Gasteiger partial charge in [0, 0.05) is 17.1 Å². The zero-order chi connectivity index (χ0) is 21.0. The molecule has 8 heteroatoms. The molecule has 2 aromatic heterocycles. The molecule has 0 spiro atoms. The summed E-state index contributed by atoms with van der Waals surface area (Å²) < 4.78 is 11.8. The average molecular weight is 412 g/mol. The van der Waals surface area contributed by atoms with E-state index in [9.17, 15) is 14.4 Å². The fourth-order valence-electron chi connectivity index (χ4n) is 3.00. The second-order valence-corrected chi connectivity index (χ2v) is 7.15. The molecule has 0 fully saturated rings. The molecule has 150 valence electrons. The number of nitrogens with zero attached hydrogens (tertiary/aromatic N) is 1. The van der Waals surface area contributed by atoms with Gasteiger partial charge < -0.3 is 19.4 Å². The van der Waals surface area contributed by atoms with Crippen LogP contribution >= 0.6 is 11.3 Å². The molecule has 0 unspecified atom stereocenters. The van der Waals surface area contributed by atoms with Crippen molar-refractivity contribution in [2.24, 2.45) is 0 Å². The van der Waals surface area contributed by atoms with Crippen molar-refractivity contribution >= 4 is 34.9 Å². The third-order valence-electron chi connectivity index (χ3n) is 4.31. The van der Waals surface area contributed by atoms with E-state index in [1.54, 1.807) is 17.5 Å². The van der Waals surface area contributed by atoms with E-state index in [0.717, 1.165) is 28.4 Å². The third-order valence-corrected chi connectivity index (χ3v) is 5.20. The summed E-state index contributed by atoms with van der Waals surface area (Å²) in [6, 6.07) is 13.0. The number of hydrogen-bond donors (Lipinski definition) is 1. The van der Waals surface area contributed by atoms with Crippen LogP contribution in [-0.2, 0) is 14.3 Å². The number of methoxy groups -OCH3 is 1. The van der Waals surface area contributed by atoms with Crippen LogP contribution in [0, 0.1) is 13.8 Å². The van der Waals surface area contributed by atoms with Crippen LogP contribution in [0.4, 0.5) is 5.69 Å². The van der Waals surface area contributed by atoms with Crippen molar-refractivity contribution in [3.8, 4) is 5.69 Å². The van der Waals surface area contributed by atoms with Gasteiger partial charge in [0.25, 0.3) is 5.91 Å². The predicted molar refractivity (Wildman–Crippen MR) is 110 cm³/mol. The van der Waals surface area contributed by atoms with Crippen molar-refractivity contribution in [1.29, 1.82) is 0 Å². The summed E-state index contributed by atoms with van der Waals surface area (Å²) in [5.74, 6) is -1.67. The fraction of sp³-hybridized carbons (Fsp3) is 0.190. The van der Waals surface area contributed by atoms with Gasteiger partial charge in [-0.1, -0.05) is 18.2 Å². The number of ether oxygens (including phenoxy) is 2. The van der Waals surface area contributed by atoms with E-state index in [1.807, 2.05) is 48.7 Å². The summed E-state index contributed by atoms with van der Waals surface area (Å²) in [6.07, 6.45) is 0. The first-order chi connectivity index (χ1) is 13.9. The summed E-state index contributed by atoms with van der Waals surface area (Å²) in [6.45, 7) is 3.25. The highest BCUT2D eigenvalue weighted by Gasteiger charge is 2.20. The Hall–Kier alpha value is -3.39. The maximum atomic E-state index is 12.5. The number of benzene rings is 1.